The summed E-state index contributed by atoms with van der Waals surface area (Å²) in [5, 5.41) is 0. The molecule has 0 bridgehead atoms. The molecular formula is C13H18O. The Morgan fingerprint density at radius 1 is 1.21 bits per heavy atom. The zero-order valence-corrected chi connectivity index (χ0v) is 8.99. The van der Waals surface area contributed by atoms with Gasteiger partial charge >= 0.3 is 0 Å². The van der Waals surface area contributed by atoms with Gasteiger partial charge in [-0.3, -0.25) is 0 Å². The minimum atomic E-state index is 0.375. The first-order chi connectivity index (χ1) is 6.70. The molecule has 1 atom stereocenters. The monoisotopic (exact) mass is 190 g/mol. The maximum absolute atomic E-state index is 5.57. The van der Waals surface area contributed by atoms with Gasteiger partial charge in [0.1, 0.15) is 0 Å². The molecule has 0 radical (unpaired) electrons. The predicted octanol–water partition coefficient (Wildman–Crippen LogP) is 3.22. The Labute approximate surface area is 86.1 Å². The first kappa shape index (κ1) is 9.72. The number of ether oxygens (including phenoxy) is 1. The Kier molecular flexibility index (Phi) is 2.60. The molecule has 2 rings (SSSR count). The lowest BCUT2D eigenvalue weighted by Crippen LogP contribution is -2.32. The van der Waals surface area contributed by atoms with E-state index in [0.717, 1.165) is 19.6 Å². The van der Waals surface area contributed by atoms with Gasteiger partial charge in [-0.2, -0.15) is 0 Å². The van der Waals surface area contributed by atoms with E-state index in [1.807, 2.05) is 0 Å². The molecule has 1 aliphatic rings. The summed E-state index contributed by atoms with van der Waals surface area (Å²) in [5.74, 6) is 0.553. The van der Waals surface area contributed by atoms with E-state index in [0.29, 0.717) is 11.3 Å². The van der Waals surface area contributed by atoms with Gasteiger partial charge in [-0.1, -0.05) is 44.2 Å². The second-order valence-corrected chi connectivity index (χ2v) is 4.78. The summed E-state index contributed by atoms with van der Waals surface area (Å²) in [6.45, 7) is 6.47. The van der Waals surface area contributed by atoms with E-state index in [2.05, 4.69) is 44.2 Å². The molecule has 1 aliphatic heterocycles. The van der Waals surface area contributed by atoms with Crippen molar-refractivity contribution in [3.05, 3.63) is 35.9 Å². The Bertz CT molecular complexity index is 289. The zero-order chi connectivity index (χ0) is 10.0. The van der Waals surface area contributed by atoms with Gasteiger partial charge in [-0.25, -0.2) is 0 Å². The maximum Gasteiger partial charge on any atom is 0.0539 e. The molecule has 1 unspecified atom stereocenters. The van der Waals surface area contributed by atoms with Gasteiger partial charge in [0.15, 0.2) is 0 Å². The van der Waals surface area contributed by atoms with Crippen molar-refractivity contribution in [3.8, 4) is 0 Å². The smallest absolute Gasteiger partial charge is 0.0539 e. The van der Waals surface area contributed by atoms with Crippen LogP contribution in [0.1, 0.15) is 31.7 Å². The van der Waals surface area contributed by atoms with Gasteiger partial charge in [0.2, 0.25) is 0 Å². The molecule has 14 heavy (non-hydrogen) atoms. The highest BCUT2D eigenvalue weighted by molar-refractivity contribution is 5.22. The lowest BCUT2D eigenvalue weighted by atomic mass is 9.72. The fourth-order valence-corrected chi connectivity index (χ4v) is 2.17. The van der Waals surface area contributed by atoms with Crippen LogP contribution in [-0.4, -0.2) is 13.2 Å². The summed E-state index contributed by atoms with van der Waals surface area (Å²) in [5.41, 5.74) is 1.79. The van der Waals surface area contributed by atoms with E-state index in [4.69, 9.17) is 4.74 Å². The number of benzene rings is 1. The van der Waals surface area contributed by atoms with Crippen molar-refractivity contribution >= 4 is 0 Å². The topological polar surface area (TPSA) is 9.23 Å². The van der Waals surface area contributed by atoms with Crippen LogP contribution in [-0.2, 0) is 4.74 Å². The zero-order valence-electron chi connectivity index (χ0n) is 8.99. The van der Waals surface area contributed by atoms with Crippen LogP contribution in [0.4, 0.5) is 0 Å². The summed E-state index contributed by atoms with van der Waals surface area (Å²) < 4.78 is 5.57. The van der Waals surface area contributed by atoms with Crippen LogP contribution in [0.3, 0.4) is 0 Å². The van der Waals surface area contributed by atoms with Crippen molar-refractivity contribution in [2.75, 3.05) is 13.2 Å². The van der Waals surface area contributed by atoms with Crippen LogP contribution in [0, 0.1) is 5.41 Å². The second-order valence-electron chi connectivity index (χ2n) is 4.78. The van der Waals surface area contributed by atoms with E-state index in [1.54, 1.807) is 0 Å². The van der Waals surface area contributed by atoms with Crippen LogP contribution in [0.25, 0.3) is 0 Å². The van der Waals surface area contributed by atoms with Gasteiger partial charge in [-0.15, -0.1) is 0 Å². The molecule has 1 heterocycles. The molecule has 76 valence electrons. The molecule has 0 saturated carbocycles. The summed E-state index contributed by atoms with van der Waals surface area (Å²) in [7, 11) is 0. The van der Waals surface area contributed by atoms with Crippen LogP contribution >= 0.6 is 0 Å². The third-order valence-corrected chi connectivity index (χ3v) is 3.32. The Hall–Kier alpha value is -0.820. The largest absolute Gasteiger partial charge is 0.381 e. The van der Waals surface area contributed by atoms with Crippen LogP contribution in [0.15, 0.2) is 30.3 Å². The average molecular weight is 190 g/mol. The minimum absolute atomic E-state index is 0.375. The standard InChI is InChI=1S/C13H18O/c1-13(2)8-9-14-10-12(13)11-6-4-3-5-7-11/h3-7,12H,8-10H2,1-2H3. The van der Waals surface area contributed by atoms with E-state index in [1.165, 1.54) is 5.56 Å². The van der Waals surface area contributed by atoms with Crippen molar-refractivity contribution in [1.82, 2.24) is 0 Å². The quantitative estimate of drug-likeness (QED) is 0.660. The van der Waals surface area contributed by atoms with Crippen LogP contribution < -0.4 is 0 Å². The Morgan fingerprint density at radius 3 is 2.57 bits per heavy atom. The lowest BCUT2D eigenvalue weighted by Gasteiger charge is -2.38. The first-order valence-electron chi connectivity index (χ1n) is 5.33. The van der Waals surface area contributed by atoms with E-state index < -0.39 is 0 Å². The number of hydrogen-bond donors (Lipinski definition) is 0. The fraction of sp³-hybridized carbons (Fsp3) is 0.538. The molecule has 1 aromatic carbocycles. The molecule has 1 aromatic rings. The fourth-order valence-electron chi connectivity index (χ4n) is 2.17. The molecule has 0 amide bonds. The third kappa shape index (κ3) is 1.83. The molecule has 1 heteroatoms. The summed E-state index contributed by atoms with van der Waals surface area (Å²) in [6.07, 6.45) is 1.16. The molecule has 0 spiro atoms. The van der Waals surface area contributed by atoms with Crippen LogP contribution in [0.5, 0.6) is 0 Å². The van der Waals surface area contributed by atoms with Crippen molar-refractivity contribution in [2.24, 2.45) is 5.41 Å². The Balaban J connectivity index is 2.24. The minimum Gasteiger partial charge on any atom is -0.381 e. The van der Waals surface area contributed by atoms with E-state index >= 15 is 0 Å². The predicted molar refractivity (Wildman–Crippen MR) is 58.4 cm³/mol. The van der Waals surface area contributed by atoms with Gasteiger partial charge in [0.25, 0.3) is 0 Å². The van der Waals surface area contributed by atoms with Crippen molar-refractivity contribution in [3.63, 3.8) is 0 Å². The van der Waals surface area contributed by atoms with Gasteiger partial charge in [0.05, 0.1) is 6.61 Å². The van der Waals surface area contributed by atoms with Gasteiger partial charge < -0.3 is 4.74 Å². The second kappa shape index (κ2) is 3.74. The summed E-state index contributed by atoms with van der Waals surface area (Å²) in [4.78, 5) is 0. The molecule has 1 saturated heterocycles. The van der Waals surface area contributed by atoms with Crippen molar-refractivity contribution in [1.29, 1.82) is 0 Å². The number of rotatable bonds is 1. The molecule has 1 nitrogen and oxygen atoms in total. The molecule has 0 aliphatic carbocycles. The highest BCUT2D eigenvalue weighted by atomic mass is 16.5. The summed E-state index contributed by atoms with van der Waals surface area (Å²) in [6, 6.07) is 10.7. The van der Waals surface area contributed by atoms with Gasteiger partial charge in [0, 0.05) is 12.5 Å². The SMILES string of the molecule is CC1(C)CCOCC1c1ccccc1. The molecule has 0 N–H and O–H groups in total. The summed E-state index contributed by atoms with van der Waals surface area (Å²) >= 11 is 0. The lowest BCUT2D eigenvalue weighted by molar-refractivity contribution is 0.0103. The van der Waals surface area contributed by atoms with Crippen molar-refractivity contribution < 1.29 is 4.74 Å². The van der Waals surface area contributed by atoms with E-state index in [9.17, 15) is 0 Å². The van der Waals surface area contributed by atoms with Gasteiger partial charge in [-0.05, 0) is 17.4 Å². The highest BCUT2D eigenvalue weighted by Gasteiger charge is 2.33. The Morgan fingerprint density at radius 2 is 1.93 bits per heavy atom. The molecular weight excluding hydrogens is 172 g/mol. The molecule has 1 fully saturated rings. The van der Waals surface area contributed by atoms with Crippen LogP contribution in [0.2, 0.25) is 0 Å². The van der Waals surface area contributed by atoms with Crippen molar-refractivity contribution in [2.45, 2.75) is 26.2 Å². The number of hydrogen-bond acceptors (Lipinski definition) is 1. The average Bonchev–Trinajstić information content (AvgIpc) is 2.18. The maximum atomic E-state index is 5.57. The molecule has 0 aromatic heterocycles. The first-order valence-corrected chi connectivity index (χ1v) is 5.33. The normalized spacial score (nSPS) is 26.0. The van der Waals surface area contributed by atoms with E-state index in [-0.39, 0.29) is 0 Å². The third-order valence-electron chi connectivity index (χ3n) is 3.32. The highest BCUT2D eigenvalue weighted by Crippen LogP contribution is 2.41.